The van der Waals surface area contributed by atoms with Crippen molar-refractivity contribution in [1.29, 1.82) is 0 Å². The maximum atomic E-state index is 6.04. The second-order valence-corrected chi connectivity index (χ2v) is 4.64. The van der Waals surface area contributed by atoms with Gasteiger partial charge in [0.05, 0.1) is 0 Å². The molecule has 0 amide bonds. The van der Waals surface area contributed by atoms with E-state index in [1.807, 2.05) is 6.07 Å². The summed E-state index contributed by atoms with van der Waals surface area (Å²) in [5, 5.41) is 3.41. The van der Waals surface area contributed by atoms with Gasteiger partial charge in [0.1, 0.15) is 7.85 Å². The van der Waals surface area contributed by atoms with Crippen molar-refractivity contribution in [3.63, 3.8) is 0 Å². The molecule has 1 N–H and O–H groups in total. The first kappa shape index (κ1) is 10.2. The molecular formula is C11H13BBrN. The summed E-state index contributed by atoms with van der Waals surface area (Å²) in [6.45, 7) is 2.20. The van der Waals surface area contributed by atoms with Crippen molar-refractivity contribution in [2.24, 2.45) is 0 Å². The molecule has 3 heteroatoms. The average Bonchev–Trinajstić information content (AvgIpc) is 2.23. The van der Waals surface area contributed by atoms with Crippen LogP contribution in [0.15, 0.2) is 22.7 Å². The maximum Gasteiger partial charge on any atom is 0.115 e. The van der Waals surface area contributed by atoms with E-state index in [1.54, 1.807) is 0 Å². The monoisotopic (exact) mass is 249 g/mol. The summed E-state index contributed by atoms with van der Waals surface area (Å²) < 4.78 is 1.01. The van der Waals surface area contributed by atoms with E-state index in [9.17, 15) is 0 Å². The lowest BCUT2D eigenvalue weighted by Crippen LogP contribution is -2.31. The Bertz CT molecular complexity index is 321. The zero-order valence-electron chi connectivity index (χ0n) is 8.09. The van der Waals surface area contributed by atoms with Gasteiger partial charge < -0.3 is 5.32 Å². The van der Waals surface area contributed by atoms with Gasteiger partial charge in [-0.3, -0.25) is 0 Å². The Hall–Kier alpha value is -0.275. The molecule has 1 aliphatic rings. The highest BCUT2D eigenvalue weighted by atomic mass is 79.9. The van der Waals surface area contributed by atoms with Gasteiger partial charge in [0, 0.05) is 11.0 Å². The highest BCUT2D eigenvalue weighted by Crippen LogP contribution is 2.23. The minimum atomic E-state index is 0.584. The van der Waals surface area contributed by atoms with Crippen LogP contribution in [-0.2, 0) is 0 Å². The first-order chi connectivity index (χ1) is 6.79. The molecule has 0 aromatic heterocycles. The normalized spacial score (nSPS) is 22.2. The van der Waals surface area contributed by atoms with Gasteiger partial charge in [-0.25, -0.2) is 0 Å². The van der Waals surface area contributed by atoms with E-state index in [2.05, 4.69) is 33.4 Å². The minimum absolute atomic E-state index is 0.584. The van der Waals surface area contributed by atoms with Crippen molar-refractivity contribution in [3.05, 3.63) is 28.2 Å². The molecule has 1 aromatic carbocycles. The van der Waals surface area contributed by atoms with Crippen LogP contribution in [0.1, 0.15) is 24.3 Å². The van der Waals surface area contributed by atoms with Gasteiger partial charge >= 0.3 is 0 Å². The smallest absolute Gasteiger partial charge is 0.115 e. The van der Waals surface area contributed by atoms with E-state index in [1.165, 1.54) is 18.4 Å². The zero-order valence-corrected chi connectivity index (χ0v) is 9.68. The first-order valence-electron chi connectivity index (χ1n) is 5.03. The first-order valence-corrected chi connectivity index (χ1v) is 5.83. The standard InChI is InChI=1S/C11H13BBrN/c12-11-9(4-1-5-10(11)13)8-3-2-6-14-7-8/h1,4-5,8,14H,2-3,6-7H2/t8-/m0/s1. The van der Waals surface area contributed by atoms with Crippen molar-refractivity contribution in [1.82, 2.24) is 5.32 Å². The van der Waals surface area contributed by atoms with E-state index in [-0.39, 0.29) is 0 Å². The van der Waals surface area contributed by atoms with E-state index in [4.69, 9.17) is 7.85 Å². The van der Waals surface area contributed by atoms with Crippen LogP contribution in [0, 0.1) is 0 Å². The summed E-state index contributed by atoms with van der Waals surface area (Å²) in [6.07, 6.45) is 2.49. The van der Waals surface area contributed by atoms with Crippen LogP contribution in [0.2, 0.25) is 0 Å². The predicted octanol–water partition coefficient (Wildman–Crippen LogP) is 1.71. The molecule has 1 saturated heterocycles. The number of benzene rings is 1. The average molecular weight is 250 g/mol. The number of nitrogens with one attached hydrogen (secondary N) is 1. The highest BCUT2D eigenvalue weighted by Gasteiger charge is 2.16. The van der Waals surface area contributed by atoms with Crippen LogP contribution in [0.4, 0.5) is 0 Å². The summed E-state index contributed by atoms with van der Waals surface area (Å²) in [4.78, 5) is 0. The third-order valence-corrected chi connectivity index (χ3v) is 3.51. The summed E-state index contributed by atoms with van der Waals surface area (Å²) in [7, 11) is 6.04. The molecule has 0 saturated carbocycles. The molecule has 1 nitrogen and oxygen atoms in total. The molecule has 0 spiro atoms. The molecule has 0 unspecified atom stereocenters. The van der Waals surface area contributed by atoms with E-state index in [0.29, 0.717) is 5.92 Å². The molecule has 1 fully saturated rings. The molecule has 2 rings (SSSR count). The van der Waals surface area contributed by atoms with E-state index >= 15 is 0 Å². The number of rotatable bonds is 1. The lowest BCUT2D eigenvalue weighted by molar-refractivity contribution is 0.463. The van der Waals surface area contributed by atoms with Gasteiger partial charge in [-0.05, 0) is 36.9 Å². The minimum Gasteiger partial charge on any atom is -0.316 e. The predicted molar refractivity (Wildman–Crippen MR) is 64.4 cm³/mol. The number of halogens is 1. The number of hydrogen-bond acceptors (Lipinski definition) is 1. The Balaban J connectivity index is 2.26. The third-order valence-electron chi connectivity index (χ3n) is 2.82. The van der Waals surface area contributed by atoms with Crippen LogP contribution >= 0.6 is 15.9 Å². The number of piperidine rings is 1. The second kappa shape index (κ2) is 4.50. The fourth-order valence-electron chi connectivity index (χ4n) is 2.03. The SMILES string of the molecule is [B]c1c(Br)cccc1[C@H]1CCCNC1. The number of hydrogen-bond donors (Lipinski definition) is 1. The summed E-state index contributed by atoms with van der Waals surface area (Å²) in [5.74, 6) is 0.584. The Morgan fingerprint density at radius 1 is 1.43 bits per heavy atom. The molecule has 1 atom stereocenters. The Morgan fingerprint density at radius 3 is 3.00 bits per heavy atom. The van der Waals surface area contributed by atoms with Crippen molar-refractivity contribution in [2.45, 2.75) is 18.8 Å². The summed E-state index contributed by atoms with van der Waals surface area (Å²) >= 11 is 3.47. The van der Waals surface area contributed by atoms with Crippen molar-refractivity contribution >= 4 is 29.2 Å². The fraction of sp³-hybridized carbons (Fsp3) is 0.455. The van der Waals surface area contributed by atoms with Crippen LogP contribution < -0.4 is 10.8 Å². The third kappa shape index (κ3) is 2.04. The highest BCUT2D eigenvalue weighted by molar-refractivity contribution is 9.10. The Morgan fingerprint density at radius 2 is 2.29 bits per heavy atom. The molecule has 1 aliphatic heterocycles. The van der Waals surface area contributed by atoms with Crippen LogP contribution in [0.25, 0.3) is 0 Å². The molecule has 0 bridgehead atoms. The topological polar surface area (TPSA) is 12.0 Å². The molecule has 1 aromatic rings. The largest absolute Gasteiger partial charge is 0.316 e. The van der Waals surface area contributed by atoms with Gasteiger partial charge in [0.25, 0.3) is 0 Å². The molecule has 2 radical (unpaired) electrons. The van der Waals surface area contributed by atoms with Crippen molar-refractivity contribution in [2.75, 3.05) is 13.1 Å². The maximum absolute atomic E-state index is 6.04. The van der Waals surface area contributed by atoms with Gasteiger partial charge in [-0.2, -0.15) is 0 Å². The molecule has 0 aliphatic carbocycles. The molecule has 14 heavy (non-hydrogen) atoms. The fourth-order valence-corrected chi connectivity index (χ4v) is 2.41. The molecule has 1 heterocycles. The van der Waals surface area contributed by atoms with Gasteiger partial charge in [0.15, 0.2) is 0 Å². The lowest BCUT2D eigenvalue weighted by atomic mass is 9.81. The second-order valence-electron chi connectivity index (χ2n) is 3.79. The lowest BCUT2D eigenvalue weighted by Gasteiger charge is -2.25. The van der Waals surface area contributed by atoms with Crippen molar-refractivity contribution in [3.8, 4) is 0 Å². The van der Waals surface area contributed by atoms with Crippen LogP contribution in [0.3, 0.4) is 0 Å². The van der Waals surface area contributed by atoms with Gasteiger partial charge in [-0.15, -0.1) is 0 Å². The molecular weight excluding hydrogens is 237 g/mol. The van der Waals surface area contributed by atoms with E-state index in [0.717, 1.165) is 23.0 Å². The van der Waals surface area contributed by atoms with Crippen LogP contribution in [0.5, 0.6) is 0 Å². The van der Waals surface area contributed by atoms with Gasteiger partial charge in [-0.1, -0.05) is 33.5 Å². The Labute approximate surface area is 94.8 Å². The van der Waals surface area contributed by atoms with E-state index < -0.39 is 0 Å². The molecule has 72 valence electrons. The quantitative estimate of drug-likeness (QED) is 0.748. The zero-order chi connectivity index (χ0) is 9.97. The summed E-state index contributed by atoms with van der Waals surface area (Å²) in [6, 6.07) is 6.19. The van der Waals surface area contributed by atoms with Crippen molar-refractivity contribution < 1.29 is 0 Å². The Kier molecular flexibility index (Phi) is 3.29. The van der Waals surface area contributed by atoms with Crippen LogP contribution in [-0.4, -0.2) is 20.9 Å². The summed E-state index contributed by atoms with van der Waals surface area (Å²) in [5.41, 5.74) is 2.19. The van der Waals surface area contributed by atoms with Gasteiger partial charge in [0.2, 0.25) is 0 Å².